The second-order valence-corrected chi connectivity index (χ2v) is 12.8. The molecule has 0 saturated heterocycles. The van der Waals surface area contributed by atoms with Gasteiger partial charge in [0.25, 0.3) is 0 Å². The van der Waals surface area contributed by atoms with E-state index in [1.54, 1.807) is 18.2 Å². The lowest BCUT2D eigenvalue weighted by molar-refractivity contribution is 1.10. The zero-order valence-corrected chi connectivity index (χ0v) is 28.3. The molecule has 0 bridgehead atoms. The maximum Gasteiger partial charge on any atom is 0.145 e. The molecule has 0 fully saturated rings. The van der Waals surface area contributed by atoms with Crippen molar-refractivity contribution >= 4 is 32.6 Å². The fourth-order valence-electron chi connectivity index (χ4n) is 7.47. The van der Waals surface area contributed by atoms with E-state index < -0.39 is 60.4 Å². The van der Waals surface area contributed by atoms with E-state index in [9.17, 15) is 0 Å². The first-order valence-corrected chi connectivity index (χ1v) is 17.3. The second kappa shape index (κ2) is 12.9. The molecule has 53 heavy (non-hydrogen) atoms. The minimum atomic E-state index is -0.537. The quantitative estimate of drug-likeness (QED) is 0.159. The predicted octanol–water partition coefficient (Wildman–Crippen LogP) is 13.7. The van der Waals surface area contributed by atoms with Gasteiger partial charge in [-0.25, -0.2) is 4.98 Å². The van der Waals surface area contributed by atoms with Gasteiger partial charge in [0, 0.05) is 11.3 Å². The minimum Gasteiger partial charge on any atom is -0.292 e. The summed E-state index contributed by atoms with van der Waals surface area (Å²) in [5, 5.41) is 3.53. The Bertz CT molecular complexity index is 3320. The van der Waals surface area contributed by atoms with Crippen LogP contribution in [0.2, 0.25) is 0 Å². The molecule has 248 valence electrons. The Kier molecular flexibility index (Phi) is 5.38. The predicted molar refractivity (Wildman–Crippen MR) is 223 cm³/mol. The zero-order valence-electron chi connectivity index (χ0n) is 38.3. The number of hydrogen-bond acceptors (Lipinski definition) is 1. The summed E-state index contributed by atoms with van der Waals surface area (Å²) in [5.41, 5.74) is 7.32. The lowest BCUT2D eigenvalue weighted by Crippen LogP contribution is -1.98. The Morgan fingerprint density at radius 2 is 0.868 bits per heavy atom. The molecule has 9 aromatic carbocycles. The van der Waals surface area contributed by atoms with Gasteiger partial charge in [-0.2, -0.15) is 0 Å². The van der Waals surface area contributed by atoms with Crippen molar-refractivity contribution in [2.24, 2.45) is 0 Å². The number of nitrogens with zero attached hydrogens (tertiary/aromatic N) is 2. The van der Waals surface area contributed by atoms with E-state index in [0.29, 0.717) is 5.56 Å². The number of aromatic nitrogens is 2. The van der Waals surface area contributed by atoms with E-state index in [-0.39, 0.29) is 22.3 Å². The monoisotopic (exact) mass is 684 g/mol. The van der Waals surface area contributed by atoms with Gasteiger partial charge >= 0.3 is 0 Å². The molecule has 0 aliphatic carbocycles. The van der Waals surface area contributed by atoms with Gasteiger partial charge in [-0.1, -0.05) is 164 Å². The lowest BCUT2D eigenvalue weighted by Gasteiger charge is -2.20. The molecule has 0 aliphatic heterocycles. The largest absolute Gasteiger partial charge is 0.292 e. The summed E-state index contributed by atoms with van der Waals surface area (Å²) >= 11 is 0. The molecule has 0 unspecified atom stereocenters. The third kappa shape index (κ3) is 5.40. The van der Waals surface area contributed by atoms with Crippen LogP contribution in [-0.2, 0) is 0 Å². The second-order valence-electron chi connectivity index (χ2n) is 12.8. The maximum absolute atomic E-state index is 8.93. The minimum absolute atomic E-state index is 0.0691. The number of imidazole rings is 1. The fraction of sp³-hybridized carbons (Fsp3) is 0. The molecule has 0 N–H and O–H groups in total. The number of fused-ring (bicyclic) bond motifs is 3. The molecular weight excluding hydrogens is 641 g/mol. The van der Waals surface area contributed by atoms with Crippen molar-refractivity contribution in [2.45, 2.75) is 0 Å². The summed E-state index contributed by atoms with van der Waals surface area (Å²) in [6.07, 6.45) is 0. The van der Waals surface area contributed by atoms with Crippen LogP contribution in [0, 0.1) is 0 Å². The van der Waals surface area contributed by atoms with Crippen molar-refractivity contribution < 1.29 is 13.7 Å². The summed E-state index contributed by atoms with van der Waals surface area (Å²) in [4.78, 5) is 5.07. The highest BCUT2D eigenvalue weighted by atomic mass is 15.1. The first-order valence-electron chi connectivity index (χ1n) is 22.3. The Morgan fingerprint density at radius 3 is 1.47 bits per heavy atom. The van der Waals surface area contributed by atoms with Crippen LogP contribution in [-0.4, -0.2) is 9.55 Å². The highest BCUT2D eigenvalue weighted by Crippen LogP contribution is 2.45. The topological polar surface area (TPSA) is 17.8 Å². The number of para-hydroxylation sites is 2. The van der Waals surface area contributed by atoms with E-state index in [4.69, 9.17) is 18.7 Å². The molecule has 2 heteroatoms. The molecule has 2 nitrogen and oxygen atoms in total. The Balaban J connectivity index is 1.27. The fourth-order valence-corrected chi connectivity index (χ4v) is 7.47. The highest BCUT2D eigenvalue weighted by molar-refractivity contribution is 6.21. The average Bonchev–Trinajstić information content (AvgIpc) is 3.71. The average molecular weight is 685 g/mol. The SMILES string of the molecule is [2H]c1c([2H])c([2H])c(-c2cc(-c3c([2H])c([2H])c([2H])c([2H])c3[2H])cc(-c3c4ccccc4c(-c4cccc(-n5c(-c6ccccc6)nc6ccccc65)c4)c4ccccc34)c2)c([2H])c1[2H]. The number of rotatable bonds is 6. The Hall–Kier alpha value is -7.03. The normalized spacial score (nSPS) is 14.0. The molecule has 0 amide bonds. The van der Waals surface area contributed by atoms with Gasteiger partial charge in [-0.15, -0.1) is 0 Å². The first-order chi connectivity index (χ1) is 30.4. The highest BCUT2D eigenvalue weighted by Gasteiger charge is 2.20. The van der Waals surface area contributed by atoms with Gasteiger partial charge in [-0.3, -0.25) is 4.57 Å². The number of benzene rings is 9. The summed E-state index contributed by atoms with van der Waals surface area (Å²) in [5.74, 6) is 0.813. The molecule has 10 aromatic rings. The Morgan fingerprint density at radius 1 is 0.377 bits per heavy atom. The van der Waals surface area contributed by atoms with Crippen LogP contribution in [0.15, 0.2) is 206 Å². The van der Waals surface area contributed by atoms with Crippen LogP contribution in [0.1, 0.15) is 13.7 Å². The van der Waals surface area contributed by atoms with Crippen molar-refractivity contribution in [3.63, 3.8) is 0 Å². The van der Waals surface area contributed by atoms with E-state index in [1.807, 2.05) is 78.9 Å². The van der Waals surface area contributed by atoms with Gasteiger partial charge in [0.15, 0.2) is 0 Å². The summed E-state index contributed by atoms with van der Waals surface area (Å²) in [6, 6.07) is 42.8. The maximum atomic E-state index is 8.93. The number of hydrogen-bond donors (Lipinski definition) is 0. The van der Waals surface area contributed by atoms with E-state index in [2.05, 4.69) is 53.1 Å². The standard InChI is InChI=1S/C51H34N2/c1-4-17-35(18-5-1)39-31-40(36-19-6-2-7-20-36)33-41(32-39)50-45-27-12-10-25-43(45)49(44-26-11-13-28-46(44)50)38-23-16-24-42(34-38)53-48-30-15-14-29-47(48)52-51(53)37-21-8-3-9-22-37/h1-34H/i1D,2D,4D,5D,6D,7D,17D,18D,19D,20D. The Labute approximate surface area is 323 Å². The van der Waals surface area contributed by atoms with Crippen LogP contribution in [0.3, 0.4) is 0 Å². The molecule has 0 atom stereocenters. The third-order valence-electron chi connectivity index (χ3n) is 9.72. The van der Waals surface area contributed by atoms with E-state index >= 15 is 0 Å². The van der Waals surface area contributed by atoms with Gasteiger partial charge in [0.2, 0.25) is 0 Å². The van der Waals surface area contributed by atoms with Crippen molar-refractivity contribution in [1.82, 2.24) is 9.55 Å². The van der Waals surface area contributed by atoms with Crippen molar-refractivity contribution in [2.75, 3.05) is 0 Å². The van der Waals surface area contributed by atoms with E-state index in [0.717, 1.165) is 66.3 Å². The molecule has 0 aliphatic rings. The van der Waals surface area contributed by atoms with Crippen LogP contribution in [0.4, 0.5) is 0 Å². The molecular formula is C51H34N2. The molecule has 0 saturated carbocycles. The van der Waals surface area contributed by atoms with Crippen LogP contribution < -0.4 is 0 Å². The van der Waals surface area contributed by atoms with Crippen LogP contribution >= 0.6 is 0 Å². The molecule has 1 aromatic heterocycles. The van der Waals surface area contributed by atoms with E-state index in [1.165, 1.54) is 0 Å². The summed E-state index contributed by atoms with van der Waals surface area (Å²) in [6.45, 7) is 0. The summed E-state index contributed by atoms with van der Waals surface area (Å²) in [7, 11) is 0. The molecule has 1 heterocycles. The molecule has 0 spiro atoms. The third-order valence-corrected chi connectivity index (χ3v) is 9.72. The first kappa shape index (κ1) is 22.0. The zero-order chi connectivity index (χ0) is 43.8. The van der Waals surface area contributed by atoms with Gasteiger partial charge < -0.3 is 0 Å². The lowest BCUT2D eigenvalue weighted by atomic mass is 9.84. The van der Waals surface area contributed by atoms with Crippen molar-refractivity contribution in [3.8, 4) is 61.6 Å². The molecule has 10 rings (SSSR count). The molecule has 0 radical (unpaired) electrons. The van der Waals surface area contributed by atoms with Crippen molar-refractivity contribution in [1.29, 1.82) is 0 Å². The van der Waals surface area contributed by atoms with Crippen LogP contribution in [0.25, 0.3) is 94.2 Å². The van der Waals surface area contributed by atoms with Crippen LogP contribution in [0.5, 0.6) is 0 Å². The van der Waals surface area contributed by atoms with Crippen molar-refractivity contribution in [3.05, 3.63) is 206 Å². The smallest absolute Gasteiger partial charge is 0.145 e. The summed E-state index contributed by atoms with van der Waals surface area (Å²) < 4.78 is 88.5. The van der Waals surface area contributed by atoms with Gasteiger partial charge in [0.05, 0.1) is 24.7 Å². The van der Waals surface area contributed by atoms with Gasteiger partial charge in [0.1, 0.15) is 5.82 Å². The van der Waals surface area contributed by atoms with Gasteiger partial charge in [-0.05, 0) is 109 Å².